The predicted molar refractivity (Wildman–Crippen MR) is 88.9 cm³/mol. The van der Waals surface area contributed by atoms with E-state index in [9.17, 15) is 0 Å². The number of nitrogens with two attached hydrogens (primary N) is 1. The van der Waals surface area contributed by atoms with Gasteiger partial charge in [0.2, 0.25) is 0 Å². The lowest BCUT2D eigenvalue weighted by molar-refractivity contribution is 0.301. The molecular weight excluding hydrogens is 282 g/mol. The van der Waals surface area contributed by atoms with Crippen molar-refractivity contribution in [2.45, 2.75) is 20.0 Å². The van der Waals surface area contributed by atoms with Gasteiger partial charge in [0.15, 0.2) is 0 Å². The quantitative estimate of drug-likeness (QED) is 0.792. The van der Waals surface area contributed by atoms with Crippen molar-refractivity contribution in [3.8, 4) is 11.5 Å². The summed E-state index contributed by atoms with van der Waals surface area (Å²) in [5, 5.41) is 0. The van der Waals surface area contributed by atoms with E-state index in [1.54, 1.807) is 0 Å². The van der Waals surface area contributed by atoms with E-state index in [0.29, 0.717) is 11.6 Å². The smallest absolute Gasteiger partial charge is 0.120 e. The van der Waals surface area contributed by atoms with Gasteiger partial charge in [-0.15, -0.1) is 0 Å². The van der Waals surface area contributed by atoms with Crippen LogP contribution in [0.4, 0.5) is 0 Å². The first-order valence-corrected chi connectivity index (χ1v) is 7.34. The summed E-state index contributed by atoms with van der Waals surface area (Å²) in [7, 11) is 0. The highest BCUT2D eigenvalue weighted by atomic mass is 32.1. The third-order valence-electron chi connectivity index (χ3n) is 2.94. The summed E-state index contributed by atoms with van der Waals surface area (Å²) in [6.07, 6.45) is 1.00. The molecule has 0 amide bonds. The standard InChI is InChI=1S/C17H19NO2S/c1-2-11-19-15-7-9-16(10-8-15)20-12-13-3-5-14(6-4-13)17(18)21/h3-10H,2,11-12H2,1H3,(H2,18,21). The lowest BCUT2D eigenvalue weighted by Crippen LogP contribution is -2.09. The van der Waals surface area contributed by atoms with E-state index in [-0.39, 0.29) is 0 Å². The molecule has 0 saturated heterocycles. The zero-order valence-electron chi connectivity index (χ0n) is 12.0. The molecule has 2 N–H and O–H groups in total. The minimum absolute atomic E-state index is 0.408. The van der Waals surface area contributed by atoms with Gasteiger partial charge in [0, 0.05) is 5.56 Å². The molecule has 0 aliphatic carbocycles. The summed E-state index contributed by atoms with van der Waals surface area (Å²) in [6.45, 7) is 3.32. The summed E-state index contributed by atoms with van der Waals surface area (Å²) in [5.74, 6) is 1.68. The zero-order chi connectivity index (χ0) is 15.1. The molecule has 0 fully saturated rings. The fourth-order valence-corrected chi connectivity index (χ4v) is 1.92. The van der Waals surface area contributed by atoms with E-state index in [2.05, 4.69) is 6.92 Å². The molecule has 0 bridgehead atoms. The van der Waals surface area contributed by atoms with E-state index in [1.807, 2.05) is 48.5 Å². The van der Waals surface area contributed by atoms with Crippen LogP contribution in [0.15, 0.2) is 48.5 Å². The van der Waals surface area contributed by atoms with Crippen LogP contribution in [0.25, 0.3) is 0 Å². The van der Waals surface area contributed by atoms with E-state index in [0.717, 1.165) is 35.7 Å². The minimum atomic E-state index is 0.408. The van der Waals surface area contributed by atoms with E-state index < -0.39 is 0 Å². The van der Waals surface area contributed by atoms with Crippen LogP contribution in [-0.2, 0) is 6.61 Å². The molecule has 0 radical (unpaired) electrons. The van der Waals surface area contributed by atoms with E-state index >= 15 is 0 Å². The number of hydrogen-bond donors (Lipinski definition) is 1. The highest BCUT2D eigenvalue weighted by molar-refractivity contribution is 7.80. The Bertz CT molecular complexity index is 579. The van der Waals surface area contributed by atoms with Crippen molar-refractivity contribution in [2.75, 3.05) is 6.61 Å². The second kappa shape index (κ2) is 7.64. The van der Waals surface area contributed by atoms with Gasteiger partial charge in [-0.05, 0) is 36.2 Å². The second-order valence-electron chi connectivity index (χ2n) is 4.67. The van der Waals surface area contributed by atoms with Gasteiger partial charge in [-0.25, -0.2) is 0 Å². The number of hydrogen-bond acceptors (Lipinski definition) is 3. The summed E-state index contributed by atoms with van der Waals surface area (Å²) in [5.41, 5.74) is 7.50. The molecule has 110 valence electrons. The van der Waals surface area contributed by atoms with Crippen LogP contribution < -0.4 is 15.2 Å². The van der Waals surface area contributed by atoms with Crippen molar-refractivity contribution >= 4 is 17.2 Å². The van der Waals surface area contributed by atoms with Crippen LogP contribution in [-0.4, -0.2) is 11.6 Å². The van der Waals surface area contributed by atoms with Gasteiger partial charge >= 0.3 is 0 Å². The van der Waals surface area contributed by atoms with Crippen molar-refractivity contribution in [3.05, 3.63) is 59.7 Å². The fraction of sp³-hybridized carbons (Fsp3) is 0.235. The molecule has 0 aliphatic heterocycles. The first-order chi connectivity index (χ1) is 10.2. The maximum absolute atomic E-state index is 5.73. The Morgan fingerprint density at radius 1 is 0.952 bits per heavy atom. The predicted octanol–water partition coefficient (Wildman–Crippen LogP) is 3.69. The Kier molecular flexibility index (Phi) is 5.58. The Morgan fingerprint density at radius 3 is 2.05 bits per heavy atom. The molecule has 3 nitrogen and oxygen atoms in total. The van der Waals surface area contributed by atoms with Gasteiger partial charge in [-0.2, -0.15) is 0 Å². The summed E-state index contributed by atoms with van der Waals surface area (Å²) in [6, 6.07) is 15.4. The first kappa shape index (κ1) is 15.3. The first-order valence-electron chi connectivity index (χ1n) is 6.93. The maximum atomic E-state index is 5.73. The van der Waals surface area contributed by atoms with E-state index in [1.165, 1.54) is 0 Å². The van der Waals surface area contributed by atoms with Gasteiger partial charge < -0.3 is 15.2 Å². The van der Waals surface area contributed by atoms with Crippen LogP contribution >= 0.6 is 12.2 Å². The lowest BCUT2D eigenvalue weighted by Gasteiger charge is -2.08. The second-order valence-corrected chi connectivity index (χ2v) is 5.11. The molecule has 0 aromatic heterocycles. The molecule has 0 saturated carbocycles. The normalized spacial score (nSPS) is 10.1. The molecule has 0 unspecified atom stereocenters. The SMILES string of the molecule is CCCOc1ccc(OCc2ccc(C(N)=S)cc2)cc1. The molecular formula is C17H19NO2S. The van der Waals surface area contributed by atoms with Crippen molar-refractivity contribution in [3.63, 3.8) is 0 Å². The van der Waals surface area contributed by atoms with Gasteiger partial charge in [-0.1, -0.05) is 43.4 Å². The van der Waals surface area contributed by atoms with E-state index in [4.69, 9.17) is 27.4 Å². The Morgan fingerprint density at radius 2 is 1.52 bits per heavy atom. The minimum Gasteiger partial charge on any atom is -0.494 e. The van der Waals surface area contributed by atoms with Crippen LogP contribution in [0, 0.1) is 0 Å². The molecule has 0 heterocycles. The third kappa shape index (κ3) is 4.76. The molecule has 4 heteroatoms. The van der Waals surface area contributed by atoms with Gasteiger partial charge in [0.25, 0.3) is 0 Å². The summed E-state index contributed by atoms with van der Waals surface area (Å²) >= 11 is 4.92. The highest BCUT2D eigenvalue weighted by Crippen LogP contribution is 2.19. The Balaban J connectivity index is 1.88. The largest absolute Gasteiger partial charge is 0.494 e. The van der Waals surface area contributed by atoms with Crippen molar-refractivity contribution < 1.29 is 9.47 Å². The maximum Gasteiger partial charge on any atom is 0.120 e. The van der Waals surface area contributed by atoms with Crippen LogP contribution in [0.5, 0.6) is 11.5 Å². The van der Waals surface area contributed by atoms with Crippen LogP contribution in [0.3, 0.4) is 0 Å². The van der Waals surface area contributed by atoms with Gasteiger partial charge in [-0.3, -0.25) is 0 Å². The molecule has 0 spiro atoms. The third-order valence-corrected chi connectivity index (χ3v) is 3.18. The monoisotopic (exact) mass is 301 g/mol. The summed E-state index contributed by atoms with van der Waals surface area (Å²) < 4.78 is 11.3. The van der Waals surface area contributed by atoms with Crippen LogP contribution in [0.1, 0.15) is 24.5 Å². The number of thiocarbonyl (C=S) groups is 1. The van der Waals surface area contributed by atoms with Crippen molar-refractivity contribution in [1.82, 2.24) is 0 Å². The molecule has 2 aromatic carbocycles. The Hall–Kier alpha value is -2.07. The number of rotatable bonds is 7. The molecule has 2 aromatic rings. The van der Waals surface area contributed by atoms with Crippen LogP contribution in [0.2, 0.25) is 0 Å². The fourth-order valence-electron chi connectivity index (χ4n) is 1.78. The van der Waals surface area contributed by atoms with Gasteiger partial charge in [0.05, 0.1) is 6.61 Å². The number of ether oxygens (including phenoxy) is 2. The number of benzene rings is 2. The molecule has 21 heavy (non-hydrogen) atoms. The average Bonchev–Trinajstić information content (AvgIpc) is 2.52. The zero-order valence-corrected chi connectivity index (χ0v) is 12.9. The average molecular weight is 301 g/mol. The molecule has 0 atom stereocenters. The Labute approximate surface area is 130 Å². The van der Waals surface area contributed by atoms with Gasteiger partial charge in [0.1, 0.15) is 23.1 Å². The molecule has 0 aliphatic rings. The molecule has 2 rings (SSSR count). The highest BCUT2D eigenvalue weighted by Gasteiger charge is 1.99. The summed E-state index contributed by atoms with van der Waals surface area (Å²) in [4.78, 5) is 0.408. The van der Waals surface area contributed by atoms with Crippen molar-refractivity contribution in [1.29, 1.82) is 0 Å². The topological polar surface area (TPSA) is 44.5 Å². The lowest BCUT2D eigenvalue weighted by atomic mass is 10.1. The van der Waals surface area contributed by atoms with Crippen molar-refractivity contribution in [2.24, 2.45) is 5.73 Å².